The zero-order valence-electron chi connectivity index (χ0n) is 15.3. The van der Waals surface area contributed by atoms with Gasteiger partial charge in [-0.25, -0.2) is 0 Å². The number of nitrogens with zero attached hydrogens (tertiary/aromatic N) is 3. The van der Waals surface area contributed by atoms with Gasteiger partial charge in [-0.3, -0.25) is 14.6 Å². The van der Waals surface area contributed by atoms with E-state index in [9.17, 15) is 9.59 Å². The molecule has 2 fully saturated rings. The van der Waals surface area contributed by atoms with Gasteiger partial charge in [0, 0.05) is 36.6 Å². The number of aryl methyl sites for hydroxylation is 1. The van der Waals surface area contributed by atoms with Crippen molar-refractivity contribution in [3.05, 3.63) is 29.6 Å². The van der Waals surface area contributed by atoms with Gasteiger partial charge in [0.15, 0.2) is 5.60 Å². The largest absolute Gasteiger partial charge is 0.361 e. The molecular formula is C19H27N3O3. The third-order valence-electron chi connectivity index (χ3n) is 5.12. The van der Waals surface area contributed by atoms with Crippen molar-refractivity contribution < 1.29 is 14.3 Å². The molecule has 3 heterocycles. The monoisotopic (exact) mass is 345 g/mol. The molecule has 6 nitrogen and oxygen atoms in total. The number of amides is 2. The van der Waals surface area contributed by atoms with E-state index in [-0.39, 0.29) is 17.9 Å². The number of carbonyl (C=O) groups excluding carboxylic acids is 2. The third kappa shape index (κ3) is 3.54. The molecule has 0 aliphatic carbocycles. The van der Waals surface area contributed by atoms with Crippen molar-refractivity contribution in [1.29, 1.82) is 0 Å². The van der Waals surface area contributed by atoms with Crippen LogP contribution < -0.4 is 0 Å². The second-order valence-electron chi connectivity index (χ2n) is 7.30. The van der Waals surface area contributed by atoms with Gasteiger partial charge in [0.1, 0.15) is 0 Å². The molecule has 1 aromatic rings. The molecule has 0 N–H and O–H groups in total. The van der Waals surface area contributed by atoms with Crippen molar-refractivity contribution in [1.82, 2.24) is 14.8 Å². The van der Waals surface area contributed by atoms with Gasteiger partial charge in [0.2, 0.25) is 0 Å². The summed E-state index contributed by atoms with van der Waals surface area (Å²) in [6.07, 6.45) is 4.24. The van der Waals surface area contributed by atoms with Crippen molar-refractivity contribution in [2.75, 3.05) is 26.2 Å². The minimum Gasteiger partial charge on any atom is -0.361 e. The standard InChI is InChI=1S/C19H27N3O3/c1-14(2)22-9-5-4-7-19(18(22)24)13-21(10-11-25-19)17(23)16-6-8-20-15(3)12-16/h6,8,12,14H,4-5,7,9-11,13H2,1-3H3. The first kappa shape index (κ1) is 17.9. The van der Waals surface area contributed by atoms with Crippen molar-refractivity contribution in [3.63, 3.8) is 0 Å². The maximum atomic E-state index is 13.2. The van der Waals surface area contributed by atoms with Gasteiger partial charge in [-0.15, -0.1) is 0 Å². The smallest absolute Gasteiger partial charge is 0.256 e. The maximum Gasteiger partial charge on any atom is 0.256 e. The van der Waals surface area contributed by atoms with E-state index in [1.165, 1.54) is 0 Å². The number of carbonyl (C=O) groups is 2. The Kier molecular flexibility index (Phi) is 5.08. The van der Waals surface area contributed by atoms with E-state index in [1.807, 2.05) is 25.7 Å². The molecule has 0 radical (unpaired) electrons. The predicted octanol–water partition coefficient (Wildman–Crippen LogP) is 2.02. The lowest BCUT2D eigenvalue weighted by molar-refractivity contribution is -0.169. The van der Waals surface area contributed by atoms with Gasteiger partial charge in [-0.2, -0.15) is 0 Å². The van der Waals surface area contributed by atoms with Crippen LogP contribution in [0, 0.1) is 6.92 Å². The molecule has 2 saturated heterocycles. The SMILES string of the molecule is Cc1cc(C(=O)N2CCOC3(CCCCN(C(C)C)C3=O)C2)ccn1. The predicted molar refractivity (Wildman–Crippen MR) is 94.3 cm³/mol. The molecule has 136 valence electrons. The molecule has 0 bridgehead atoms. The number of morpholine rings is 1. The van der Waals surface area contributed by atoms with E-state index in [2.05, 4.69) is 4.98 Å². The quantitative estimate of drug-likeness (QED) is 0.823. The molecule has 0 saturated carbocycles. The van der Waals surface area contributed by atoms with Crippen molar-refractivity contribution in [3.8, 4) is 0 Å². The van der Waals surface area contributed by atoms with Crippen LogP contribution in [0.2, 0.25) is 0 Å². The molecular weight excluding hydrogens is 318 g/mol. The number of rotatable bonds is 2. The van der Waals surface area contributed by atoms with E-state index in [0.29, 0.717) is 31.7 Å². The summed E-state index contributed by atoms with van der Waals surface area (Å²) in [5.74, 6) is -0.0234. The van der Waals surface area contributed by atoms with Crippen LogP contribution in [0.5, 0.6) is 0 Å². The first-order valence-electron chi connectivity index (χ1n) is 9.10. The average Bonchev–Trinajstić information content (AvgIpc) is 2.74. The summed E-state index contributed by atoms with van der Waals surface area (Å²) in [7, 11) is 0. The summed E-state index contributed by atoms with van der Waals surface area (Å²) < 4.78 is 6.02. The summed E-state index contributed by atoms with van der Waals surface area (Å²) in [5.41, 5.74) is 0.535. The number of hydrogen-bond acceptors (Lipinski definition) is 4. The fourth-order valence-electron chi connectivity index (χ4n) is 3.75. The van der Waals surface area contributed by atoms with E-state index >= 15 is 0 Å². The van der Waals surface area contributed by atoms with E-state index < -0.39 is 5.60 Å². The van der Waals surface area contributed by atoms with Crippen LogP contribution >= 0.6 is 0 Å². The van der Waals surface area contributed by atoms with Gasteiger partial charge in [-0.05, 0) is 52.2 Å². The fourth-order valence-corrected chi connectivity index (χ4v) is 3.75. The number of ether oxygens (including phenoxy) is 1. The van der Waals surface area contributed by atoms with Gasteiger partial charge < -0.3 is 14.5 Å². The molecule has 2 aliphatic rings. The fraction of sp³-hybridized carbons (Fsp3) is 0.632. The first-order chi connectivity index (χ1) is 11.9. The highest BCUT2D eigenvalue weighted by molar-refractivity contribution is 5.95. The molecule has 6 heteroatoms. The Balaban J connectivity index is 1.84. The summed E-state index contributed by atoms with van der Waals surface area (Å²) in [4.78, 5) is 33.9. The zero-order chi connectivity index (χ0) is 18.0. The van der Waals surface area contributed by atoms with Crippen LogP contribution in [-0.4, -0.2) is 64.5 Å². The second kappa shape index (κ2) is 7.12. The van der Waals surface area contributed by atoms with Crippen LogP contribution in [-0.2, 0) is 9.53 Å². The molecule has 2 aliphatic heterocycles. The lowest BCUT2D eigenvalue weighted by Crippen LogP contribution is -2.61. The highest BCUT2D eigenvalue weighted by Crippen LogP contribution is 2.31. The van der Waals surface area contributed by atoms with Gasteiger partial charge in [0.05, 0.1) is 13.2 Å². The maximum absolute atomic E-state index is 13.2. The Morgan fingerprint density at radius 2 is 2.12 bits per heavy atom. The molecule has 25 heavy (non-hydrogen) atoms. The highest BCUT2D eigenvalue weighted by Gasteiger charge is 2.48. The molecule has 1 unspecified atom stereocenters. The minimum absolute atomic E-state index is 0.0309. The van der Waals surface area contributed by atoms with Crippen LogP contribution in [0.4, 0.5) is 0 Å². The van der Waals surface area contributed by atoms with Crippen LogP contribution in [0.1, 0.15) is 49.2 Å². The normalized spacial score (nSPS) is 24.7. The molecule has 3 rings (SSSR count). The summed E-state index contributed by atoms with van der Waals surface area (Å²) in [6.45, 7) is 7.93. The van der Waals surface area contributed by atoms with Crippen molar-refractivity contribution >= 4 is 11.8 Å². The first-order valence-corrected chi connectivity index (χ1v) is 9.10. The minimum atomic E-state index is -0.892. The van der Waals surface area contributed by atoms with Gasteiger partial charge in [0.25, 0.3) is 11.8 Å². The zero-order valence-corrected chi connectivity index (χ0v) is 15.3. The Bertz CT molecular complexity index is 661. The number of aromatic nitrogens is 1. The highest BCUT2D eigenvalue weighted by atomic mass is 16.5. The van der Waals surface area contributed by atoms with Crippen molar-refractivity contribution in [2.24, 2.45) is 0 Å². The van der Waals surface area contributed by atoms with E-state index in [1.54, 1.807) is 23.2 Å². The van der Waals surface area contributed by atoms with E-state index in [0.717, 1.165) is 25.1 Å². The lowest BCUT2D eigenvalue weighted by atomic mass is 9.93. The number of pyridine rings is 1. The van der Waals surface area contributed by atoms with Crippen LogP contribution in [0.15, 0.2) is 18.3 Å². The van der Waals surface area contributed by atoms with E-state index in [4.69, 9.17) is 4.74 Å². The number of likely N-dealkylation sites (tertiary alicyclic amines) is 1. The Labute approximate surface area is 149 Å². The molecule has 1 atom stereocenters. The third-order valence-corrected chi connectivity index (χ3v) is 5.12. The average molecular weight is 345 g/mol. The summed E-state index contributed by atoms with van der Waals surface area (Å²) in [5, 5.41) is 0. The topological polar surface area (TPSA) is 62.7 Å². The Hall–Kier alpha value is -1.95. The summed E-state index contributed by atoms with van der Waals surface area (Å²) >= 11 is 0. The molecule has 2 amide bonds. The lowest BCUT2D eigenvalue weighted by Gasteiger charge is -2.43. The van der Waals surface area contributed by atoms with Crippen LogP contribution in [0.25, 0.3) is 0 Å². The van der Waals surface area contributed by atoms with Crippen molar-refractivity contribution in [2.45, 2.75) is 51.7 Å². The number of hydrogen-bond donors (Lipinski definition) is 0. The Morgan fingerprint density at radius 3 is 2.84 bits per heavy atom. The second-order valence-corrected chi connectivity index (χ2v) is 7.30. The summed E-state index contributed by atoms with van der Waals surface area (Å²) in [6, 6.07) is 3.66. The van der Waals surface area contributed by atoms with Gasteiger partial charge >= 0.3 is 0 Å². The van der Waals surface area contributed by atoms with Gasteiger partial charge in [-0.1, -0.05) is 0 Å². The Morgan fingerprint density at radius 1 is 1.32 bits per heavy atom. The molecule has 0 aromatic carbocycles. The molecule has 1 spiro atoms. The van der Waals surface area contributed by atoms with Crippen LogP contribution in [0.3, 0.4) is 0 Å². The molecule has 1 aromatic heterocycles.